The Morgan fingerprint density at radius 3 is 2.23 bits per heavy atom. The first-order valence-electron chi connectivity index (χ1n) is 13.9. The highest BCUT2D eigenvalue weighted by Gasteiger charge is 2.43. The van der Waals surface area contributed by atoms with E-state index in [0.717, 1.165) is 4.90 Å². The van der Waals surface area contributed by atoms with Crippen LogP contribution in [-0.4, -0.2) is 66.3 Å². The number of carbonyl (C=O) groups excluding carboxylic acids is 5. The van der Waals surface area contributed by atoms with Crippen LogP contribution < -0.4 is 21.3 Å². The standard InChI is InChI=1S/C32H27F3N6O6/c33-32(34,35)30(46)47-28(44)18-25(21-7-3-1-4-8-21)40-19-27(43)41(22-9-5-2-6-10-22)24-13-11-20(17-23(24)29(40)45)12-14-26(42)38-15-16-39-31(36)37/h1-11,13,17,25H,15-16,18-19H2,(H,38,42)(H4,36,37,39). The van der Waals surface area contributed by atoms with Crippen LogP contribution in [0.3, 0.4) is 0 Å². The molecule has 0 saturated heterocycles. The van der Waals surface area contributed by atoms with E-state index in [9.17, 15) is 37.1 Å². The van der Waals surface area contributed by atoms with Crippen LogP contribution >= 0.6 is 0 Å². The van der Waals surface area contributed by atoms with Gasteiger partial charge in [0.05, 0.1) is 23.7 Å². The molecule has 0 aliphatic carbocycles. The number of guanidine groups is 1. The van der Waals surface area contributed by atoms with Crippen molar-refractivity contribution in [3.63, 3.8) is 0 Å². The third-order valence-electron chi connectivity index (χ3n) is 6.70. The van der Waals surface area contributed by atoms with E-state index in [1.165, 1.54) is 35.2 Å². The first-order valence-corrected chi connectivity index (χ1v) is 13.9. The summed E-state index contributed by atoms with van der Waals surface area (Å²) in [6, 6.07) is 19.1. The van der Waals surface area contributed by atoms with Crippen LogP contribution in [0.25, 0.3) is 0 Å². The predicted octanol–water partition coefficient (Wildman–Crippen LogP) is 2.52. The van der Waals surface area contributed by atoms with Gasteiger partial charge < -0.3 is 26.0 Å². The minimum Gasteiger partial charge on any atom is -0.386 e. The van der Waals surface area contributed by atoms with Crippen molar-refractivity contribution in [3.8, 4) is 11.8 Å². The molecule has 1 aliphatic heterocycles. The lowest BCUT2D eigenvalue weighted by atomic mass is 10.00. The van der Waals surface area contributed by atoms with Crippen LogP contribution in [0.1, 0.15) is 33.9 Å². The molecule has 1 heterocycles. The lowest BCUT2D eigenvalue weighted by Gasteiger charge is -2.30. The van der Waals surface area contributed by atoms with E-state index in [1.807, 2.05) is 0 Å². The summed E-state index contributed by atoms with van der Waals surface area (Å²) >= 11 is 0. The molecule has 0 bridgehead atoms. The number of amides is 3. The number of fused-ring (bicyclic) bond motifs is 1. The number of nitrogens with two attached hydrogens (primary N) is 1. The van der Waals surface area contributed by atoms with Gasteiger partial charge in [0.2, 0.25) is 0 Å². The number of hydrogen-bond donors (Lipinski definition) is 4. The van der Waals surface area contributed by atoms with Gasteiger partial charge in [0.25, 0.3) is 17.7 Å². The molecule has 3 aromatic carbocycles. The van der Waals surface area contributed by atoms with Crippen LogP contribution in [0.5, 0.6) is 0 Å². The maximum absolute atomic E-state index is 14.2. The molecule has 3 amide bonds. The number of hydrogen-bond acceptors (Lipinski definition) is 7. The maximum Gasteiger partial charge on any atom is 0.491 e. The molecule has 242 valence electrons. The molecular weight excluding hydrogens is 621 g/mol. The molecule has 5 N–H and O–H groups in total. The van der Waals surface area contributed by atoms with Gasteiger partial charge in [-0.1, -0.05) is 54.5 Å². The van der Waals surface area contributed by atoms with Crippen molar-refractivity contribution < 1.29 is 41.9 Å². The summed E-state index contributed by atoms with van der Waals surface area (Å²) in [4.78, 5) is 66.6. The highest BCUT2D eigenvalue weighted by Crippen LogP contribution is 2.36. The highest BCUT2D eigenvalue weighted by atomic mass is 19.4. The second kappa shape index (κ2) is 14.7. The molecule has 15 heteroatoms. The summed E-state index contributed by atoms with van der Waals surface area (Å²) in [5.41, 5.74) is 6.19. The van der Waals surface area contributed by atoms with E-state index in [1.54, 1.807) is 48.5 Å². The molecule has 47 heavy (non-hydrogen) atoms. The molecule has 0 radical (unpaired) electrons. The number of alkyl halides is 3. The molecule has 0 spiro atoms. The van der Waals surface area contributed by atoms with Gasteiger partial charge in [-0.05, 0) is 35.9 Å². The van der Waals surface area contributed by atoms with E-state index in [0.29, 0.717) is 5.69 Å². The van der Waals surface area contributed by atoms with Crippen molar-refractivity contribution in [2.24, 2.45) is 5.73 Å². The number of nitrogens with one attached hydrogen (secondary N) is 3. The molecule has 3 aromatic rings. The Morgan fingerprint density at radius 2 is 1.60 bits per heavy atom. The molecular formula is C32H27F3N6O6. The van der Waals surface area contributed by atoms with Crippen molar-refractivity contribution in [2.45, 2.75) is 18.6 Å². The number of ether oxygens (including phenoxy) is 1. The van der Waals surface area contributed by atoms with Gasteiger partial charge in [-0.15, -0.1) is 0 Å². The summed E-state index contributed by atoms with van der Waals surface area (Å²) in [5.74, 6) is -1.54. The normalized spacial score (nSPS) is 13.3. The number of rotatable bonds is 8. The number of halogens is 3. The third kappa shape index (κ3) is 8.72. The Bertz CT molecular complexity index is 1760. The highest BCUT2D eigenvalue weighted by molar-refractivity contribution is 6.13. The van der Waals surface area contributed by atoms with E-state index < -0.39 is 54.8 Å². The van der Waals surface area contributed by atoms with E-state index >= 15 is 0 Å². The van der Waals surface area contributed by atoms with Crippen LogP contribution in [-0.2, 0) is 23.9 Å². The topological polar surface area (TPSA) is 175 Å². The molecule has 12 nitrogen and oxygen atoms in total. The van der Waals surface area contributed by atoms with Gasteiger partial charge in [0.15, 0.2) is 5.96 Å². The number of esters is 2. The SMILES string of the molecule is N=C(N)NCCNC(=O)C#Cc1ccc2c(c1)C(=O)N(C(CC(=O)OC(=O)C(F)(F)F)c1ccccc1)CC(=O)N2c1ccccc1. The molecule has 1 atom stereocenters. The smallest absolute Gasteiger partial charge is 0.386 e. The van der Waals surface area contributed by atoms with Crippen molar-refractivity contribution in [3.05, 3.63) is 95.6 Å². The fourth-order valence-corrected chi connectivity index (χ4v) is 4.66. The van der Waals surface area contributed by atoms with Crippen molar-refractivity contribution >= 4 is 47.0 Å². The summed E-state index contributed by atoms with van der Waals surface area (Å²) in [5, 5.41) is 12.2. The number of nitrogens with zero attached hydrogens (tertiary/aromatic N) is 2. The zero-order valence-corrected chi connectivity index (χ0v) is 24.5. The molecule has 0 fully saturated rings. The quantitative estimate of drug-likeness (QED) is 0.0720. The zero-order chi connectivity index (χ0) is 34.1. The lowest BCUT2D eigenvalue weighted by Crippen LogP contribution is -2.41. The number of carbonyl (C=O) groups is 5. The monoisotopic (exact) mass is 648 g/mol. The fourth-order valence-electron chi connectivity index (χ4n) is 4.66. The van der Waals surface area contributed by atoms with Crippen molar-refractivity contribution in [1.29, 1.82) is 5.41 Å². The average molecular weight is 649 g/mol. The molecule has 0 saturated carbocycles. The minimum absolute atomic E-state index is 0.0572. The minimum atomic E-state index is -5.43. The molecule has 1 aliphatic rings. The van der Waals surface area contributed by atoms with Gasteiger partial charge in [-0.3, -0.25) is 29.5 Å². The average Bonchev–Trinajstić information content (AvgIpc) is 3.14. The van der Waals surface area contributed by atoms with E-state index in [4.69, 9.17) is 11.1 Å². The first-order chi connectivity index (χ1) is 22.3. The van der Waals surface area contributed by atoms with Gasteiger partial charge in [0, 0.05) is 30.3 Å². The van der Waals surface area contributed by atoms with Crippen molar-refractivity contribution in [1.82, 2.24) is 15.5 Å². The van der Waals surface area contributed by atoms with Crippen LogP contribution in [0, 0.1) is 17.3 Å². The summed E-state index contributed by atoms with van der Waals surface area (Å²) in [6.07, 6.45) is -6.31. The van der Waals surface area contributed by atoms with Crippen molar-refractivity contribution in [2.75, 3.05) is 24.5 Å². The predicted molar refractivity (Wildman–Crippen MR) is 162 cm³/mol. The van der Waals surface area contributed by atoms with Crippen LogP contribution in [0.15, 0.2) is 78.9 Å². The van der Waals surface area contributed by atoms with Gasteiger partial charge in [0.1, 0.15) is 6.54 Å². The van der Waals surface area contributed by atoms with Gasteiger partial charge >= 0.3 is 18.1 Å². The number of para-hydroxylation sites is 1. The first kappa shape index (κ1) is 33.7. The number of benzene rings is 3. The third-order valence-corrected chi connectivity index (χ3v) is 6.70. The largest absolute Gasteiger partial charge is 0.491 e. The Morgan fingerprint density at radius 1 is 0.957 bits per heavy atom. The molecule has 4 rings (SSSR count). The van der Waals surface area contributed by atoms with E-state index in [-0.39, 0.29) is 41.4 Å². The summed E-state index contributed by atoms with van der Waals surface area (Å²) in [7, 11) is 0. The summed E-state index contributed by atoms with van der Waals surface area (Å²) < 4.78 is 42.5. The Hall–Kier alpha value is -6.17. The maximum atomic E-state index is 14.2. The van der Waals surface area contributed by atoms with Gasteiger partial charge in [-0.2, -0.15) is 13.2 Å². The Labute approximate surface area is 266 Å². The molecule has 1 unspecified atom stereocenters. The molecule has 0 aromatic heterocycles. The van der Waals surface area contributed by atoms with Gasteiger partial charge in [-0.25, -0.2) is 4.79 Å². The Balaban J connectivity index is 1.74. The van der Waals surface area contributed by atoms with Crippen LogP contribution in [0.2, 0.25) is 0 Å². The Kier molecular flexibility index (Phi) is 10.6. The second-order valence-corrected chi connectivity index (χ2v) is 9.97. The van der Waals surface area contributed by atoms with Crippen LogP contribution in [0.4, 0.5) is 24.5 Å². The second-order valence-electron chi connectivity index (χ2n) is 9.97. The number of anilines is 2. The fraction of sp³-hybridized carbons (Fsp3) is 0.188. The summed E-state index contributed by atoms with van der Waals surface area (Å²) in [6.45, 7) is -0.299. The van der Waals surface area contributed by atoms with E-state index in [2.05, 4.69) is 27.2 Å². The zero-order valence-electron chi connectivity index (χ0n) is 24.5. The lowest BCUT2D eigenvalue weighted by molar-refractivity contribution is -0.202.